The van der Waals surface area contributed by atoms with Gasteiger partial charge in [0.2, 0.25) is 5.91 Å². The number of carbonyl (C=O) groups excluding carboxylic acids is 1. The molecule has 198 valence electrons. The van der Waals surface area contributed by atoms with Crippen molar-refractivity contribution in [3.05, 3.63) is 58.5 Å². The van der Waals surface area contributed by atoms with E-state index in [0.717, 1.165) is 48.4 Å². The average molecular weight is 531 g/mol. The Labute approximate surface area is 226 Å². The smallest absolute Gasteiger partial charge is 0.227 e. The van der Waals surface area contributed by atoms with Crippen LogP contribution in [-0.2, 0) is 16.6 Å². The van der Waals surface area contributed by atoms with Gasteiger partial charge in [-0.15, -0.1) is 11.3 Å². The van der Waals surface area contributed by atoms with Gasteiger partial charge >= 0.3 is 0 Å². The molecule has 1 aromatic heterocycles. The Morgan fingerprint density at radius 2 is 2.08 bits per heavy atom. The fourth-order valence-corrected chi connectivity index (χ4v) is 9.29. The molecule has 3 aromatic rings. The predicted molar refractivity (Wildman–Crippen MR) is 147 cm³/mol. The van der Waals surface area contributed by atoms with Gasteiger partial charge < -0.3 is 20.3 Å². The standard InChI is InChI=1S/C31H34N2O4S/c1-17(20-3-2-4-24-21(20)10-14-38-24)29(35)32-22-9-11-31(36)25-15-19-7-8-23(34)27-26(19)30(31,28(22)37-27)12-13-33(25)16-18-5-6-18/h2-4,7-8,10,14,17-18,22,25,28,34,36H,5-6,9,11-13,15-16H2,1H3,(H,32,35)/t17?,22?,25-,28?,30+,31-/m1/s1. The van der Waals surface area contributed by atoms with Crippen molar-refractivity contribution >= 4 is 27.3 Å². The fourth-order valence-electron chi connectivity index (χ4n) is 8.47. The van der Waals surface area contributed by atoms with Gasteiger partial charge in [0.1, 0.15) is 6.10 Å². The van der Waals surface area contributed by atoms with Crippen molar-refractivity contribution in [3.8, 4) is 11.5 Å². The lowest BCUT2D eigenvalue weighted by atomic mass is 9.48. The van der Waals surface area contributed by atoms with Crippen LogP contribution < -0.4 is 10.1 Å². The van der Waals surface area contributed by atoms with Crippen LogP contribution in [0.1, 0.15) is 61.6 Å². The first-order chi connectivity index (χ1) is 18.4. The summed E-state index contributed by atoms with van der Waals surface area (Å²) in [6.45, 7) is 3.94. The van der Waals surface area contributed by atoms with Crippen molar-refractivity contribution in [2.75, 3.05) is 13.1 Å². The largest absolute Gasteiger partial charge is 0.504 e. The third-order valence-corrected chi connectivity index (χ3v) is 11.4. The molecule has 2 aromatic carbocycles. The highest BCUT2D eigenvalue weighted by Crippen LogP contribution is 2.65. The summed E-state index contributed by atoms with van der Waals surface area (Å²) >= 11 is 1.69. The van der Waals surface area contributed by atoms with E-state index in [0.29, 0.717) is 18.6 Å². The number of likely N-dealkylation sites (tertiary alicyclic amines) is 1. The van der Waals surface area contributed by atoms with E-state index >= 15 is 0 Å². The number of hydrogen-bond acceptors (Lipinski definition) is 6. The van der Waals surface area contributed by atoms with Crippen LogP contribution in [-0.4, -0.2) is 57.9 Å². The van der Waals surface area contributed by atoms with Crippen LogP contribution in [0.25, 0.3) is 10.1 Å². The van der Waals surface area contributed by atoms with Gasteiger partial charge in [0.15, 0.2) is 11.5 Å². The maximum atomic E-state index is 13.7. The first kappa shape index (κ1) is 23.3. The SMILES string of the molecule is CC(C(=O)NC1CC[C@@]2(O)[C@H]3Cc4ccc(O)c5c4[C@@]2(CCN3CC2CC2)C1O5)c1cccc2sccc12. The van der Waals surface area contributed by atoms with E-state index in [4.69, 9.17) is 4.74 Å². The molecular formula is C31H34N2O4S. The van der Waals surface area contributed by atoms with Crippen molar-refractivity contribution < 1.29 is 19.7 Å². The van der Waals surface area contributed by atoms with E-state index in [2.05, 4.69) is 27.7 Å². The molecule has 3 N–H and O–H groups in total. The molecule has 0 radical (unpaired) electrons. The minimum atomic E-state index is -0.939. The highest BCUT2D eigenvalue weighted by atomic mass is 32.1. The molecule has 6 atom stereocenters. The molecule has 1 saturated heterocycles. The third-order valence-electron chi connectivity index (χ3n) is 10.5. The van der Waals surface area contributed by atoms with Gasteiger partial charge in [0, 0.05) is 22.8 Å². The van der Waals surface area contributed by atoms with E-state index < -0.39 is 17.1 Å². The maximum Gasteiger partial charge on any atom is 0.227 e. The minimum Gasteiger partial charge on any atom is -0.504 e. The number of aliphatic hydroxyl groups is 1. The van der Waals surface area contributed by atoms with Gasteiger partial charge in [-0.2, -0.15) is 0 Å². The number of amides is 1. The number of nitrogens with zero attached hydrogens (tertiary/aromatic N) is 1. The normalized spacial score (nSPS) is 34.0. The summed E-state index contributed by atoms with van der Waals surface area (Å²) in [5.41, 5.74) is 1.66. The number of benzene rings is 2. The van der Waals surface area contributed by atoms with Crippen LogP contribution in [0.2, 0.25) is 0 Å². The summed E-state index contributed by atoms with van der Waals surface area (Å²) < 4.78 is 7.81. The van der Waals surface area contributed by atoms with Gasteiger partial charge in [-0.3, -0.25) is 9.69 Å². The number of fused-ring (bicyclic) bond motifs is 1. The zero-order valence-corrected chi connectivity index (χ0v) is 22.5. The van der Waals surface area contributed by atoms with Crippen molar-refractivity contribution in [2.45, 2.75) is 80.6 Å². The number of aromatic hydroxyl groups is 1. The topological polar surface area (TPSA) is 82.0 Å². The van der Waals surface area contributed by atoms with Crippen LogP contribution in [0.3, 0.4) is 0 Å². The quantitative estimate of drug-likeness (QED) is 0.454. The Hall–Kier alpha value is -2.61. The second-order valence-electron chi connectivity index (χ2n) is 12.3. The molecule has 1 amide bonds. The molecule has 6 nitrogen and oxygen atoms in total. The number of thiophene rings is 1. The number of rotatable bonds is 5. The summed E-state index contributed by atoms with van der Waals surface area (Å²) in [7, 11) is 0. The summed E-state index contributed by atoms with van der Waals surface area (Å²) in [6, 6.07) is 11.8. The number of nitrogens with one attached hydrogen (secondary N) is 1. The summed E-state index contributed by atoms with van der Waals surface area (Å²) in [5, 5.41) is 30.0. The molecular weight excluding hydrogens is 496 g/mol. The number of phenolic OH excluding ortho intramolecular Hbond substituents is 1. The van der Waals surface area contributed by atoms with Crippen LogP contribution in [0.5, 0.6) is 11.5 Å². The summed E-state index contributed by atoms with van der Waals surface area (Å²) in [5.74, 6) is 1.09. The highest BCUT2D eigenvalue weighted by Gasteiger charge is 2.73. The predicted octanol–water partition coefficient (Wildman–Crippen LogP) is 4.46. The Morgan fingerprint density at radius 1 is 1.21 bits per heavy atom. The monoisotopic (exact) mass is 530 g/mol. The molecule has 8 rings (SSSR count). The van der Waals surface area contributed by atoms with E-state index in [-0.39, 0.29) is 29.7 Å². The lowest BCUT2D eigenvalue weighted by molar-refractivity contribution is -0.192. The first-order valence-corrected chi connectivity index (χ1v) is 15.0. The maximum absolute atomic E-state index is 13.7. The molecule has 2 aliphatic heterocycles. The van der Waals surface area contributed by atoms with E-state index in [1.807, 2.05) is 25.1 Å². The van der Waals surface area contributed by atoms with E-state index in [1.165, 1.54) is 23.1 Å². The zero-order valence-electron chi connectivity index (χ0n) is 21.7. The molecule has 2 saturated carbocycles. The molecule has 5 aliphatic rings. The number of ether oxygens (including phenoxy) is 1. The second kappa shape index (κ2) is 7.96. The van der Waals surface area contributed by atoms with Gasteiger partial charge in [-0.1, -0.05) is 18.2 Å². The molecule has 3 heterocycles. The van der Waals surface area contributed by atoms with E-state index in [1.54, 1.807) is 17.4 Å². The summed E-state index contributed by atoms with van der Waals surface area (Å²) in [4.78, 5) is 16.3. The highest BCUT2D eigenvalue weighted by molar-refractivity contribution is 7.17. The Bertz CT molecular complexity index is 1470. The second-order valence-corrected chi connectivity index (χ2v) is 13.3. The molecule has 3 unspecified atom stereocenters. The van der Waals surface area contributed by atoms with Gasteiger partial charge in [0.05, 0.1) is 23.0 Å². The lowest BCUT2D eigenvalue weighted by Crippen LogP contribution is -2.78. The van der Waals surface area contributed by atoms with Crippen LogP contribution in [0, 0.1) is 5.92 Å². The molecule has 38 heavy (non-hydrogen) atoms. The number of piperidine rings is 1. The van der Waals surface area contributed by atoms with Gasteiger partial charge in [-0.25, -0.2) is 0 Å². The number of phenols is 1. The molecule has 7 heteroatoms. The first-order valence-electron chi connectivity index (χ1n) is 14.2. The Morgan fingerprint density at radius 3 is 2.92 bits per heavy atom. The third kappa shape index (κ3) is 2.98. The van der Waals surface area contributed by atoms with Gasteiger partial charge in [0.25, 0.3) is 0 Å². The number of carbonyl (C=O) groups is 1. The molecule has 2 bridgehead atoms. The van der Waals surface area contributed by atoms with Crippen LogP contribution in [0.4, 0.5) is 0 Å². The summed E-state index contributed by atoms with van der Waals surface area (Å²) in [6.07, 6.45) is 5.01. The van der Waals surface area contributed by atoms with Crippen molar-refractivity contribution in [1.82, 2.24) is 10.2 Å². The van der Waals surface area contributed by atoms with Crippen molar-refractivity contribution in [3.63, 3.8) is 0 Å². The Balaban J connectivity index is 1.16. The van der Waals surface area contributed by atoms with Gasteiger partial charge in [-0.05, 0) is 98.0 Å². The lowest BCUT2D eigenvalue weighted by Gasteiger charge is -2.64. The van der Waals surface area contributed by atoms with Crippen molar-refractivity contribution in [1.29, 1.82) is 0 Å². The van der Waals surface area contributed by atoms with E-state index in [9.17, 15) is 15.0 Å². The minimum absolute atomic E-state index is 0.0157. The fraction of sp³-hybridized carbons (Fsp3) is 0.516. The van der Waals surface area contributed by atoms with Crippen molar-refractivity contribution in [2.24, 2.45) is 5.92 Å². The molecule has 3 fully saturated rings. The molecule has 1 spiro atoms. The van der Waals surface area contributed by atoms with Crippen LogP contribution in [0.15, 0.2) is 41.8 Å². The number of hydrogen-bond donors (Lipinski definition) is 3. The Kier molecular flexibility index (Phi) is 4.88. The zero-order chi connectivity index (χ0) is 25.8. The van der Waals surface area contributed by atoms with Crippen LogP contribution >= 0.6 is 11.3 Å². The average Bonchev–Trinajstić information content (AvgIpc) is 3.45. The molecule has 3 aliphatic carbocycles.